The molecule has 0 aliphatic rings. The van der Waals surface area contributed by atoms with Crippen molar-refractivity contribution in [1.29, 1.82) is 0 Å². The van der Waals surface area contributed by atoms with Crippen LogP contribution >= 0.6 is 11.3 Å². The average Bonchev–Trinajstić information content (AvgIpc) is 3.09. The standard InChI is InChI=1S/C18H18N4OS/c1-4-23-13-7-5-6-12(10-13)20-18-21-16-15(24-18)9-8-14-17(16)22(3)11(2)19-14/h5-10H,4H2,1-3H3,(H,20,21). The first-order chi connectivity index (χ1) is 11.7. The zero-order valence-corrected chi connectivity index (χ0v) is 14.6. The Balaban J connectivity index is 1.75. The summed E-state index contributed by atoms with van der Waals surface area (Å²) in [6.07, 6.45) is 0. The van der Waals surface area contributed by atoms with Gasteiger partial charge >= 0.3 is 0 Å². The minimum atomic E-state index is 0.655. The maximum atomic E-state index is 5.55. The van der Waals surface area contributed by atoms with Crippen molar-refractivity contribution in [3.63, 3.8) is 0 Å². The number of imidazole rings is 1. The number of aromatic nitrogens is 3. The molecule has 1 N–H and O–H groups in total. The van der Waals surface area contributed by atoms with E-state index in [-0.39, 0.29) is 0 Å². The number of benzene rings is 2. The van der Waals surface area contributed by atoms with Gasteiger partial charge in [-0.15, -0.1) is 0 Å². The molecule has 0 saturated heterocycles. The Morgan fingerprint density at radius 1 is 1.21 bits per heavy atom. The van der Waals surface area contributed by atoms with Crippen LogP contribution in [0.1, 0.15) is 12.7 Å². The van der Waals surface area contributed by atoms with Gasteiger partial charge in [-0.1, -0.05) is 17.4 Å². The highest BCUT2D eigenvalue weighted by Gasteiger charge is 2.13. The molecule has 0 amide bonds. The maximum absolute atomic E-state index is 5.55. The van der Waals surface area contributed by atoms with Crippen molar-refractivity contribution in [1.82, 2.24) is 14.5 Å². The first-order valence-corrected chi connectivity index (χ1v) is 8.70. The Hall–Kier alpha value is -2.60. The molecule has 0 bridgehead atoms. The highest BCUT2D eigenvalue weighted by atomic mass is 32.1. The lowest BCUT2D eigenvalue weighted by atomic mass is 10.3. The average molecular weight is 338 g/mol. The molecule has 0 atom stereocenters. The third-order valence-corrected chi connectivity index (χ3v) is 4.95. The van der Waals surface area contributed by atoms with Crippen LogP contribution in [-0.2, 0) is 7.05 Å². The molecule has 2 heterocycles. The van der Waals surface area contributed by atoms with Crippen molar-refractivity contribution in [2.45, 2.75) is 13.8 Å². The predicted octanol–water partition coefficient (Wildman–Crippen LogP) is 4.63. The molecule has 0 aliphatic heterocycles. The highest BCUT2D eigenvalue weighted by molar-refractivity contribution is 7.22. The molecule has 0 spiro atoms. The quantitative estimate of drug-likeness (QED) is 0.589. The van der Waals surface area contributed by atoms with E-state index in [9.17, 15) is 0 Å². The molecule has 5 nitrogen and oxygen atoms in total. The lowest BCUT2D eigenvalue weighted by Gasteiger charge is -2.06. The number of nitrogens with one attached hydrogen (secondary N) is 1. The summed E-state index contributed by atoms with van der Waals surface area (Å²) in [4.78, 5) is 9.37. The molecule has 0 radical (unpaired) electrons. The van der Waals surface area contributed by atoms with Crippen molar-refractivity contribution in [2.24, 2.45) is 7.05 Å². The van der Waals surface area contributed by atoms with E-state index in [1.165, 1.54) is 0 Å². The summed E-state index contributed by atoms with van der Waals surface area (Å²) in [6.45, 7) is 4.65. The lowest BCUT2D eigenvalue weighted by Crippen LogP contribution is -1.94. The van der Waals surface area contributed by atoms with E-state index >= 15 is 0 Å². The third kappa shape index (κ3) is 2.49. The molecule has 2 aromatic carbocycles. The fraction of sp³-hybridized carbons (Fsp3) is 0.222. The van der Waals surface area contributed by atoms with Crippen molar-refractivity contribution >= 4 is 43.4 Å². The van der Waals surface area contributed by atoms with Gasteiger partial charge in [0.2, 0.25) is 0 Å². The zero-order valence-electron chi connectivity index (χ0n) is 13.8. The minimum Gasteiger partial charge on any atom is -0.494 e. The molecular weight excluding hydrogens is 320 g/mol. The highest BCUT2D eigenvalue weighted by Crippen LogP contribution is 2.33. The summed E-state index contributed by atoms with van der Waals surface area (Å²) in [5.74, 6) is 1.85. The van der Waals surface area contributed by atoms with Crippen LogP contribution < -0.4 is 10.1 Å². The topological polar surface area (TPSA) is 52.0 Å². The van der Waals surface area contributed by atoms with Gasteiger partial charge in [0.1, 0.15) is 17.1 Å². The first-order valence-electron chi connectivity index (χ1n) is 7.88. The molecule has 122 valence electrons. The van der Waals surface area contributed by atoms with Gasteiger partial charge in [0, 0.05) is 18.8 Å². The molecule has 4 rings (SSSR count). The number of aryl methyl sites for hydroxylation is 2. The van der Waals surface area contributed by atoms with E-state index in [4.69, 9.17) is 9.72 Å². The second-order valence-corrected chi connectivity index (χ2v) is 6.63. The first kappa shape index (κ1) is 15.0. The monoisotopic (exact) mass is 338 g/mol. The van der Waals surface area contributed by atoms with Crippen molar-refractivity contribution in [3.8, 4) is 5.75 Å². The number of rotatable bonds is 4. The van der Waals surface area contributed by atoms with Gasteiger partial charge in [-0.25, -0.2) is 9.97 Å². The number of thiazole rings is 1. The molecule has 0 saturated carbocycles. The van der Waals surface area contributed by atoms with Crippen molar-refractivity contribution in [2.75, 3.05) is 11.9 Å². The van der Waals surface area contributed by atoms with Crippen molar-refractivity contribution < 1.29 is 4.74 Å². The summed E-state index contributed by atoms with van der Waals surface area (Å²) < 4.78 is 8.79. The van der Waals surface area contributed by atoms with E-state index in [2.05, 4.69) is 27.0 Å². The van der Waals surface area contributed by atoms with E-state index in [0.717, 1.165) is 43.6 Å². The van der Waals surface area contributed by atoms with E-state index in [1.807, 2.05) is 45.2 Å². The van der Waals surface area contributed by atoms with E-state index in [1.54, 1.807) is 11.3 Å². The summed E-state index contributed by atoms with van der Waals surface area (Å²) in [7, 11) is 2.03. The Morgan fingerprint density at radius 2 is 2.08 bits per heavy atom. The molecular formula is C18H18N4OS. The zero-order chi connectivity index (χ0) is 16.7. The van der Waals surface area contributed by atoms with Gasteiger partial charge in [0.25, 0.3) is 0 Å². The van der Waals surface area contributed by atoms with Crippen LogP contribution in [0.5, 0.6) is 5.75 Å². The summed E-state index contributed by atoms with van der Waals surface area (Å²) in [5, 5.41) is 4.25. The van der Waals surface area contributed by atoms with Crippen LogP contribution in [0, 0.1) is 6.92 Å². The van der Waals surface area contributed by atoms with Crippen LogP contribution in [0.15, 0.2) is 36.4 Å². The Morgan fingerprint density at radius 3 is 2.92 bits per heavy atom. The Labute approximate surface area is 143 Å². The number of hydrogen-bond donors (Lipinski definition) is 1. The van der Waals surface area contributed by atoms with Gasteiger partial charge < -0.3 is 14.6 Å². The van der Waals surface area contributed by atoms with Gasteiger partial charge in [-0.2, -0.15) is 0 Å². The normalized spacial score (nSPS) is 11.3. The molecule has 2 aromatic heterocycles. The lowest BCUT2D eigenvalue weighted by molar-refractivity contribution is 0.340. The summed E-state index contributed by atoms with van der Waals surface area (Å²) in [5.41, 5.74) is 4.02. The van der Waals surface area contributed by atoms with Gasteiger partial charge in [0.05, 0.1) is 22.3 Å². The Kier molecular flexibility index (Phi) is 3.61. The molecule has 0 unspecified atom stereocenters. The summed E-state index contributed by atoms with van der Waals surface area (Å²) in [6, 6.07) is 12.1. The van der Waals surface area contributed by atoms with Crippen LogP contribution in [0.4, 0.5) is 10.8 Å². The largest absolute Gasteiger partial charge is 0.494 e. The second kappa shape index (κ2) is 5.79. The predicted molar refractivity (Wildman–Crippen MR) is 99.5 cm³/mol. The number of anilines is 2. The van der Waals surface area contributed by atoms with Crippen molar-refractivity contribution in [3.05, 3.63) is 42.2 Å². The number of nitrogens with zero attached hydrogens (tertiary/aromatic N) is 3. The number of fused-ring (bicyclic) bond motifs is 3. The fourth-order valence-electron chi connectivity index (χ4n) is 2.81. The third-order valence-electron chi connectivity index (χ3n) is 4.01. The van der Waals surface area contributed by atoms with Crippen LogP contribution in [0.25, 0.3) is 21.3 Å². The fourth-order valence-corrected chi connectivity index (χ4v) is 3.70. The SMILES string of the molecule is CCOc1cccc(Nc2nc3c(ccc4nc(C)n(C)c43)s2)c1. The minimum absolute atomic E-state index is 0.655. The second-order valence-electron chi connectivity index (χ2n) is 5.60. The summed E-state index contributed by atoms with van der Waals surface area (Å²) >= 11 is 1.64. The molecule has 4 aromatic rings. The maximum Gasteiger partial charge on any atom is 0.188 e. The van der Waals surface area contributed by atoms with Crippen LogP contribution in [0.3, 0.4) is 0 Å². The number of ether oxygens (including phenoxy) is 1. The van der Waals surface area contributed by atoms with Gasteiger partial charge in [-0.05, 0) is 38.1 Å². The van der Waals surface area contributed by atoms with Gasteiger partial charge in [-0.3, -0.25) is 0 Å². The van der Waals surface area contributed by atoms with E-state index < -0.39 is 0 Å². The van der Waals surface area contributed by atoms with Gasteiger partial charge in [0.15, 0.2) is 5.13 Å². The number of hydrogen-bond acceptors (Lipinski definition) is 5. The molecule has 6 heteroatoms. The van der Waals surface area contributed by atoms with Crippen LogP contribution in [-0.4, -0.2) is 21.1 Å². The smallest absolute Gasteiger partial charge is 0.188 e. The van der Waals surface area contributed by atoms with Crippen LogP contribution in [0.2, 0.25) is 0 Å². The van der Waals surface area contributed by atoms with E-state index in [0.29, 0.717) is 6.61 Å². The molecule has 0 fully saturated rings. The molecule has 24 heavy (non-hydrogen) atoms. The Bertz CT molecular complexity index is 1030. The molecule has 0 aliphatic carbocycles.